The summed E-state index contributed by atoms with van der Waals surface area (Å²) in [7, 11) is 0. The molecule has 1 heterocycles. The Morgan fingerprint density at radius 1 is 1.29 bits per heavy atom. The lowest BCUT2D eigenvalue weighted by Gasteiger charge is -2.26. The number of nitrogens with zero attached hydrogens (tertiary/aromatic N) is 1. The van der Waals surface area contributed by atoms with Crippen molar-refractivity contribution in [3.05, 3.63) is 35.4 Å². The Morgan fingerprint density at radius 3 is 2.95 bits per heavy atom. The highest BCUT2D eigenvalue weighted by molar-refractivity contribution is 5.77. The fourth-order valence-corrected chi connectivity index (χ4v) is 3.33. The van der Waals surface area contributed by atoms with E-state index in [0.29, 0.717) is 12.3 Å². The van der Waals surface area contributed by atoms with Gasteiger partial charge in [-0.1, -0.05) is 24.3 Å². The summed E-state index contributed by atoms with van der Waals surface area (Å²) in [5.41, 5.74) is 2.80. The van der Waals surface area contributed by atoms with Crippen LogP contribution in [0.5, 0.6) is 0 Å². The normalized spacial score (nSPS) is 22.0. The standard InChI is InChI=1S/C17H24N2O2/c20-17(18-7-8-19-9-11-21-12-10-19)13-15-6-5-14-3-1-2-4-16(14)15/h1-4,15H,5-13H2,(H,18,20)/t15-/m1/s1. The highest BCUT2D eigenvalue weighted by atomic mass is 16.5. The summed E-state index contributed by atoms with van der Waals surface area (Å²) in [6, 6.07) is 8.52. The third-order valence-corrected chi connectivity index (χ3v) is 4.54. The topological polar surface area (TPSA) is 41.6 Å². The van der Waals surface area contributed by atoms with Crippen LogP contribution in [-0.2, 0) is 16.0 Å². The highest BCUT2D eigenvalue weighted by Gasteiger charge is 2.24. The molecular weight excluding hydrogens is 264 g/mol. The van der Waals surface area contributed by atoms with Crippen molar-refractivity contribution in [2.45, 2.75) is 25.2 Å². The Kier molecular flexibility index (Phi) is 4.88. The number of nitrogens with one attached hydrogen (secondary N) is 1. The quantitative estimate of drug-likeness (QED) is 0.894. The average Bonchev–Trinajstić information content (AvgIpc) is 2.92. The Bertz CT molecular complexity index is 483. The van der Waals surface area contributed by atoms with Crippen LogP contribution < -0.4 is 5.32 Å². The van der Waals surface area contributed by atoms with E-state index in [1.807, 2.05) is 0 Å². The van der Waals surface area contributed by atoms with Crippen molar-refractivity contribution in [1.82, 2.24) is 10.2 Å². The van der Waals surface area contributed by atoms with Gasteiger partial charge in [0.25, 0.3) is 0 Å². The first-order valence-corrected chi connectivity index (χ1v) is 7.97. The predicted octanol–water partition coefficient (Wildman–Crippen LogP) is 1.55. The molecule has 1 aliphatic heterocycles. The van der Waals surface area contributed by atoms with E-state index in [1.165, 1.54) is 11.1 Å². The first-order chi connectivity index (χ1) is 10.3. The van der Waals surface area contributed by atoms with Crippen LogP contribution in [0.15, 0.2) is 24.3 Å². The van der Waals surface area contributed by atoms with Gasteiger partial charge in [-0.25, -0.2) is 0 Å². The van der Waals surface area contributed by atoms with E-state index >= 15 is 0 Å². The fraction of sp³-hybridized carbons (Fsp3) is 0.588. The number of amides is 1. The zero-order chi connectivity index (χ0) is 14.5. The molecule has 1 aliphatic carbocycles. The van der Waals surface area contributed by atoms with Crippen LogP contribution in [0.2, 0.25) is 0 Å². The Labute approximate surface area is 126 Å². The molecule has 0 unspecified atom stereocenters. The van der Waals surface area contributed by atoms with Crippen molar-refractivity contribution in [2.75, 3.05) is 39.4 Å². The summed E-state index contributed by atoms with van der Waals surface area (Å²) < 4.78 is 5.32. The van der Waals surface area contributed by atoms with Gasteiger partial charge in [-0.15, -0.1) is 0 Å². The van der Waals surface area contributed by atoms with Crippen LogP contribution in [0.1, 0.15) is 29.9 Å². The van der Waals surface area contributed by atoms with Gasteiger partial charge in [0.1, 0.15) is 0 Å². The van der Waals surface area contributed by atoms with Crippen molar-refractivity contribution >= 4 is 5.91 Å². The number of hydrogen-bond donors (Lipinski definition) is 1. The van der Waals surface area contributed by atoms with E-state index in [1.54, 1.807) is 0 Å². The summed E-state index contributed by atoms with van der Waals surface area (Å²) in [6.45, 7) is 5.25. The Morgan fingerprint density at radius 2 is 2.10 bits per heavy atom. The summed E-state index contributed by atoms with van der Waals surface area (Å²) in [4.78, 5) is 14.4. The number of benzene rings is 1. The molecule has 1 amide bonds. The molecule has 0 aromatic heterocycles. The molecule has 0 spiro atoms. The molecule has 0 bridgehead atoms. The largest absolute Gasteiger partial charge is 0.379 e. The smallest absolute Gasteiger partial charge is 0.220 e. The zero-order valence-electron chi connectivity index (χ0n) is 12.5. The molecule has 1 saturated heterocycles. The summed E-state index contributed by atoms with van der Waals surface area (Å²) in [5.74, 6) is 0.592. The molecule has 0 saturated carbocycles. The fourth-order valence-electron chi connectivity index (χ4n) is 3.33. The van der Waals surface area contributed by atoms with Crippen LogP contribution in [0.4, 0.5) is 0 Å². The summed E-state index contributed by atoms with van der Waals surface area (Å²) in [6.07, 6.45) is 2.85. The molecule has 4 heteroatoms. The van der Waals surface area contributed by atoms with Crippen molar-refractivity contribution in [1.29, 1.82) is 0 Å². The minimum atomic E-state index is 0.185. The second-order valence-corrected chi connectivity index (χ2v) is 5.94. The molecule has 0 radical (unpaired) electrons. The molecule has 1 fully saturated rings. The summed E-state index contributed by atoms with van der Waals surface area (Å²) in [5, 5.41) is 3.07. The third kappa shape index (κ3) is 3.83. The number of fused-ring (bicyclic) bond motifs is 1. The predicted molar refractivity (Wildman–Crippen MR) is 82.4 cm³/mol. The number of ether oxygens (including phenoxy) is 1. The first-order valence-electron chi connectivity index (χ1n) is 7.97. The molecular formula is C17H24N2O2. The summed E-state index contributed by atoms with van der Waals surface area (Å²) >= 11 is 0. The lowest BCUT2D eigenvalue weighted by molar-refractivity contribution is -0.121. The van der Waals surface area contributed by atoms with Crippen molar-refractivity contribution in [3.63, 3.8) is 0 Å². The van der Waals surface area contributed by atoms with Crippen LogP contribution in [0, 0.1) is 0 Å². The molecule has 2 aliphatic rings. The number of morpholine rings is 1. The zero-order valence-corrected chi connectivity index (χ0v) is 12.5. The van der Waals surface area contributed by atoms with Gasteiger partial charge in [0.2, 0.25) is 5.91 Å². The number of carbonyl (C=O) groups is 1. The highest BCUT2D eigenvalue weighted by Crippen LogP contribution is 2.34. The molecule has 21 heavy (non-hydrogen) atoms. The van der Waals surface area contributed by atoms with Crippen molar-refractivity contribution in [3.8, 4) is 0 Å². The Balaban J connectivity index is 1.40. The first kappa shape index (κ1) is 14.5. The second-order valence-electron chi connectivity index (χ2n) is 5.94. The van der Waals surface area contributed by atoms with Gasteiger partial charge in [0, 0.05) is 32.6 Å². The minimum absolute atomic E-state index is 0.185. The van der Waals surface area contributed by atoms with E-state index in [0.717, 1.165) is 52.2 Å². The maximum absolute atomic E-state index is 12.1. The SMILES string of the molecule is O=C(C[C@H]1CCc2ccccc21)NCCN1CCOCC1. The Hall–Kier alpha value is -1.39. The lowest BCUT2D eigenvalue weighted by atomic mass is 9.97. The molecule has 4 nitrogen and oxygen atoms in total. The van der Waals surface area contributed by atoms with Crippen LogP contribution >= 0.6 is 0 Å². The van der Waals surface area contributed by atoms with E-state index in [-0.39, 0.29) is 5.91 Å². The van der Waals surface area contributed by atoms with E-state index < -0.39 is 0 Å². The number of hydrogen-bond acceptors (Lipinski definition) is 3. The minimum Gasteiger partial charge on any atom is -0.379 e. The molecule has 1 aromatic rings. The number of rotatable bonds is 5. The maximum atomic E-state index is 12.1. The second kappa shape index (κ2) is 7.05. The number of carbonyl (C=O) groups excluding carboxylic acids is 1. The maximum Gasteiger partial charge on any atom is 0.220 e. The molecule has 1 aromatic carbocycles. The lowest BCUT2D eigenvalue weighted by Crippen LogP contribution is -2.41. The molecule has 114 valence electrons. The van der Waals surface area contributed by atoms with Gasteiger partial charge < -0.3 is 10.1 Å². The van der Waals surface area contributed by atoms with Crippen LogP contribution in [0.3, 0.4) is 0 Å². The van der Waals surface area contributed by atoms with Crippen LogP contribution in [-0.4, -0.2) is 50.2 Å². The van der Waals surface area contributed by atoms with Crippen molar-refractivity contribution in [2.24, 2.45) is 0 Å². The monoisotopic (exact) mass is 288 g/mol. The molecule has 1 N–H and O–H groups in total. The van der Waals surface area contributed by atoms with Gasteiger partial charge in [-0.05, 0) is 29.9 Å². The van der Waals surface area contributed by atoms with Gasteiger partial charge in [0.15, 0.2) is 0 Å². The van der Waals surface area contributed by atoms with Crippen LogP contribution in [0.25, 0.3) is 0 Å². The molecule has 3 rings (SSSR count). The van der Waals surface area contributed by atoms with E-state index in [4.69, 9.17) is 4.74 Å². The molecule has 1 atom stereocenters. The van der Waals surface area contributed by atoms with E-state index in [9.17, 15) is 4.79 Å². The van der Waals surface area contributed by atoms with Gasteiger partial charge in [-0.3, -0.25) is 9.69 Å². The third-order valence-electron chi connectivity index (χ3n) is 4.54. The number of aryl methyl sites for hydroxylation is 1. The van der Waals surface area contributed by atoms with Crippen molar-refractivity contribution < 1.29 is 9.53 Å². The van der Waals surface area contributed by atoms with E-state index in [2.05, 4.69) is 34.5 Å². The average molecular weight is 288 g/mol. The van der Waals surface area contributed by atoms with Gasteiger partial charge in [0.05, 0.1) is 13.2 Å². The van der Waals surface area contributed by atoms with Gasteiger partial charge >= 0.3 is 0 Å². The van der Waals surface area contributed by atoms with Gasteiger partial charge in [-0.2, -0.15) is 0 Å².